The number of rotatable bonds is 8. The Morgan fingerprint density at radius 1 is 0.857 bits per heavy atom. The van der Waals surface area contributed by atoms with Crippen molar-refractivity contribution in [3.05, 3.63) is 11.6 Å². The van der Waals surface area contributed by atoms with Crippen molar-refractivity contribution < 1.29 is 28.6 Å². The third-order valence-corrected chi connectivity index (χ3v) is 2.90. The molecule has 0 atom stereocenters. The molecule has 21 heavy (non-hydrogen) atoms. The maximum atomic E-state index is 12.2. The van der Waals surface area contributed by atoms with Crippen molar-refractivity contribution in [1.29, 1.82) is 0 Å². The van der Waals surface area contributed by atoms with Crippen LogP contribution in [0.25, 0.3) is 0 Å². The summed E-state index contributed by atoms with van der Waals surface area (Å²) in [6.07, 6.45) is 1.41. The van der Waals surface area contributed by atoms with Gasteiger partial charge in [-0.1, -0.05) is 6.92 Å². The molecule has 0 N–H and O–H groups in total. The first-order valence-corrected chi connectivity index (χ1v) is 7.10. The van der Waals surface area contributed by atoms with Gasteiger partial charge in [0.2, 0.25) is 0 Å². The lowest BCUT2D eigenvalue weighted by molar-refractivity contribution is -0.168. The topological polar surface area (TPSA) is 78.9 Å². The fourth-order valence-corrected chi connectivity index (χ4v) is 1.79. The number of esters is 3. The largest absolute Gasteiger partial charge is 0.465 e. The summed E-state index contributed by atoms with van der Waals surface area (Å²) in [5.74, 6) is -2.03. The molecule has 0 spiro atoms. The fourth-order valence-electron chi connectivity index (χ4n) is 1.79. The Balaban J connectivity index is 5.67. The molecule has 0 bridgehead atoms. The van der Waals surface area contributed by atoms with Crippen LogP contribution in [0.5, 0.6) is 0 Å². The molecule has 120 valence electrons. The fraction of sp³-hybridized carbons (Fsp3) is 0.667. The van der Waals surface area contributed by atoms with E-state index in [2.05, 4.69) is 0 Å². The van der Waals surface area contributed by atoms with Gasteiger partial charge in [0, 0.05) is 5.57 Å². The normalized spacial score (nSPS) is 11.8. The Kier molecular flexibility index (Phi) is 8.35. The molecular formula is C15H24O6. The van der Waals surface area contributed by atoms with Crippen molar-refractivity contribution in [2.75, 3.05) is 19.8 Å². The minimum absolute atomic E-state index is 0.126. The van der Waals surface area contributed by atoms with Gasteiger partial charge in [-0.3, -0.25) is 9.59 Å². The number of hydrogen-bond acceptors (Lipinski definition) is 6. The first-order valence-electron chi connectivity index (χ1n) is 7.10. The van der Waals surface area contributed by atoms with Crippen molar-refractivity contribution in [3.63, 3.8) is 0 Å². The Morgan fingerprint density at radius 2 is 1.29 bits per heavy atom. The first-order chi connectivity index (χ1) is 9.89. The lowest BCUT2D eigenvalue weighted by atomic mass is 9.83. The van der Waals surface area contributed by atoms with E-state index in [0.29, 0.717) is 0 Å². The second-order valence-corrected chi connectivity index (χ2v) is 4.31. The molecule has 0 rings (SSSR count). The van der Waals surface area contributed by atoms with E-state index < -0.39 is 23.3 Å². The maximum Gasteiger partial charge on any atom is 0.333 e. The van der Waals surface area contributed by atoms with E-state index in [1.54, 1.807) is 27.7 Å². The summed E-state index contributed by atoms with van der Waals surface area (Å²) in [5, 5.41) is 0. The van der Waals surface area contributed by atoms with Gasteiger partial charge in [0.15, 0.2) is 5.41 Å². The van der Waals surface area contributed by atoms with Crippen LogP contribution in [0.4, 0.5) is 0 Å². The maximum absolute atomic E-state index is 12.2. The highest BCUT2D eigenvalue weighted by molar-refractivity contribution is 6.04. The minimum Gasteiger partial charge on any atom is -0.465 e. The van der Waals surface area contributed by atoms with Gasteiger partial charge in [-0.15, -0.1) is 0 Å². The molecule has 0 aromatic heterocycles. The molecule has 0 amide bonds. The molecule has 0 radical (unpaired) electrons. The molecule has 0 aliphatic carbocycles. The Bertz CT molecular complexity index is 392. The van der Waals surface area contributed by atoms with Gasteiger partial charge in [-0.05, 0) is 40.2 Å². The Morgan fingerprint density at radius 3 is 1.62 bits per heavy atom. The van der Waals surface area contributed by atoms with Gasteiger partial charge in [0.1, 0.15) is 0 Å². The van der Waals surface area contributed by atoms with Crippen LogP contribution in [0.1, 0.15) is 41.0 Å². The second-order valence-electron chi connectivity index (χ2n) is 4.31. The quantitative estimate of drug-likeness (QED) is 0.295. The van der Waals surface area contributed by atoms with E-state index in [-0.39, 0.29) is 31.8 Å². The van der Waals surface area contributed by atoms with Crippen LogP contribution in [0, 0.1) is 5.41 Å². The molecule has 0 aliphatic rings. The molecule has 0 aromatic carbocycles. The highest BCUT2D eigenvalue weighted by Crippen LogP contribution is 2.30. The Hall–Kier alpha value is -1.85. The summed E-state index contributed by atoms with van der Waals surface area (Å²) in [5.41, 5.74) is -1.46. The second kappa shape index (κ2) is 9.15. The van der Waals surface area contributed by atoms with Crippen molar-refractivity contribution in [2.45, 2.75) is 41.0 Å². The standard InChI is InChI=1S/C15H24O6/c1-6-15(13(17)20-8-3,14(18)21-9-4)10-11(5)12(16)19-7-2/h10H,6-9H2,1-5H3. The zero-order valence-corrected chi connectivity index (χ0v) is 13.4. The molecule has 6 heteroatoms. The van der Waals surface area contributed by atoms with E-state index in [0.717, 1.165) is 0 Å². The first kappa shape index (κ1) is 19.1. The third-order valence-electron chi connectivity index (χ3n) is 2.90. The van der Waals surface area contributed by atoms with Crippen LogP contribution in [0.2, 0.25) is 0 Å². The van der Waals surface area contributed by atoms with Crippen LogP contribution in [-0.2, 0) is 28.6 Å². The van der Waals surface area contributed by atoms with Crippen LogP contribution in [0.3, 0.4) is 0 Å². The lowest BCUT2D eigenvalue weighted by Crippen LogP contribution is -2.40. The molecule has 0 aliphatic heterocycles. The smallest absolute Gasteiger partial charge is 0.333 e. The zero-order valence-electron chi connectivity index (χ0n) is 13.4. The molecule has 0 heterocycles. The van der Waals surface area contributed by atoms with Crippen molar-refractivity contribution in [2.24, 2.45) is 5.41 Å². The summed E-state index contributed by atoms with van der Waals surface area (Å²) in [6.45, 7) is 8.58. The van der Waals surface area contributed by atoms with E-state index in [1.165, 1.54) is 13.0 Å². The summed E-state index contributed by atoms with van der Waals surface area (Å²) in [4.78, 5) is 36.1. The number of carbonyl (C=O) groups is 3. The summed E-state index contributed by atoms with van der Waals surface area (Å²) < 4.78 is 14.8. The molecule has 0 unspecified atom stereocenters. The van der Waals surface area contributed by atoms with Gasteiger partial charge < -0.3 is 14.2 Å². The SMILES string of the molecule is CCOC(=O)C(C)=CC(CC)(C(=O)OCC)C(=O)OCC. The third kappa shape index (κ3) is 4.88. The highest BCUT2D eigenvalue weighted by Gasteiger charge is 2.46. The zero-order chi connectivity index (χ0) is 16.5. The minimum atomic E-state index is -1.62. The average Bonchev–Trinajstić information content (AvgIpc) is 2.45. The van der Waals surface area contributed by atoms with E-state index >= 15 is 0 Å². The van der Waals surface area contributed by atoms with Crippen LogP contribution < -0.4 is 0 Å². The number of hydrogen-bond donors (Lipinski definition) is 0. The van der Waals surface area contributed by atoms with E-state index in [4.69, 9.17) is 14.2 Å². The summed E-state index contributed by atoms with van der Waals surface area (Å²) in [7, 11) is 0. The monoisotopic (exact) mass is 300 g/mol. The molecular weight excluding hydrogens is 276 g/mol. The van der Waals surface area contributed by atoms with E-state index in [9.17, 15) is 14.4 Å². The van der Waals surface area contributed by atoms with Gasteiger partial charge in [-0.2, -0.15) is 0 Å². The number of carbonyl (C=O) groups excluding carboxylic acids is 3. The molecule has 0 saturated heterocycles. The average molecular weight is 300 g/mol. The Labute approximate surface area is 125 Å². The van der Waals surface area contributed by atoms with E-state index in [1.807, 2.05) is 0 Å². The summed E-state index contributed by atoms with van der Waals surface area (Å²) >= 11 is 0. The van der Waals surface area contributed by atoms with Gasteiger partial charge in [0.05, 0.1) is 19.8 Å². The van der Waals surface area contributed by atoms with Gasteiger partial charge >= 0.3 is 17.9 Å². The van der Waals surface area contributed by atoms with Crippen LogP contribution in [-0.4, -0.2) is 37.7 Å². The van der Waals surface area contributed by atoms with Crippen LogP contribution >= 0.6 is 0 Å². The van der Waals surface area contributed by atoms with Crippen molar-refractivity contribution in [1.82, 2.24) is 0 Å². The molecule has 0 saturated carbocycles. The van der Waals surface area contributed by atoms with Crippen molar-refractivity contribution in [3.8, 4) is 0 Å². The molecule has 0 fully saturated rings. The lowest BCUT2D eigenvalue weighted by Gasteiger charge is -2.25. The predicted octanol–water partition coefficient (Wildman–Crippen LogP) is 2.02. The van der Waals surface area contributed by atoms with Crippen LogP contribution in [0.15, 0.2) is 11.6 Å². The number of ether oxygens (including phenoxy) is 3. The predicted molar refractivity (Wildman–Crippen MR) is 76.4 cm³/mol. The van der Waals surface area contributed by atoms with Gasteiger partial charge in [-0.25, -0.2) is 4.79 Å². The summed E-state index contributed by atoms with van der Waals surface area (Å²) in [6, 6.07) is 0. The van der Waals surface area contributed by atoms with Gasteiger partial charge in [0.25, 0.3) is 0 Å². The highest BCUT2D eigenvalue weighted by atomic mass is 16.6. The molecule has 0 aromatic rings. The van der Waals surface area contributed by atoms with Crippen molar-refractivity contribution >= 4 is 17.9 Å². The molecule has 6 nitrogen and oxygen atoms in total.